The molecule has 0 aliphatic heterocycles. The molecular formula is C21H17ClF4N2O2. The minimum absolute atomic E-state index is 0.0969. The van der Waals surface area contributed by atoms with Crippen molar-refractivity contribution in [2.45, 2.75) is 19.5 Å². The number of benzene rings is 2. The molecular weight excluding hydrogens is 424 g/mol. The van der Waals surface area contributed by atoms with Crippen LogP contribution < -0.4 is 10.1 Å². The predicted octanol–water partition coefficient (Wildman–Crippen LogP) is 6.00. The standard InChI is InChI=1S/C21H17ClF4N2O2/c1-20(11-21(24,25)26,12-30-16-7-5-14(22)6-8-16)19(29)28-15-9-13-3-2-4-17(23)18(13)27-10-15/h2-10H,11-12H2,1H3,(H,28,29). The van der Waals surface area contributed by atoms with Crippen LogP contribution in [0.15, 0.2) is 54.7 Å². The summed E-state index contributed by atoms with van der Waals surface area (Å²) in [5.41, 5.74) is -1.67. The monoisotopic (exact) mass is 440 g/mol. The summed E-state index contributed by atoms with van der Waals surface area (Å²) >= 11 is 5.78. The van der Waals surface area contributed by atoms with Crippen LogP contribution in [0.25, 0.3) is 10.9 Å². The Hall–Kier alpha value is -2.87. The summed E-state index contributed by atoms with van der Waals surface area (Å²) in [6.45, 7) is 0.648. The van der Waals surface area contributed by atoms with Gasteiger partial charge in [0, 0.05) is 10.4 Å². The number of hydrogen-bond acceptors (Lipinski definition) is 3. The van der Waals surface area contributed by atoms with Gasteiger partial charge in [0.05, 0.1) is 23.7 Å². The van der Waals surface area contributed by atoms with E-state index in [9.17, 15) is 22.4 Å². The second-order valence-corrected chi connectivity index (χ2v) is 7.52. The largest absolute Gasteiger partial charge is 0.492 e. The summed E-state index contributed by atoms with van der Waals surface area (Å²) in [5, 5.41) is 3.29. The molecule has 9 heteroatoms. The third-order valence-corrected chi connectivity index (χ3v) is 4.68. The molecule has 1 N–H and O–H groups in total. The van der Waals surface area contributed by atoms with Gasteiger partial charge in [-0.3, -0.25) is 9.78 Å². The van der Waals surface area contributed by atoms with Crippen LogP contribution in [-0.2, 0) is 4.79 Å². The average molecular weight is 441 g/mol. The second-order valence-electron chi connectivity index (χ2n) is 7.08. The molecule has 158 valence electrons. The first-order chi connectivity index (χ1) is 14.1. The number of nitrogens with zero attached hydrogens (tertiary/aromatic N) is 1. The Bertz CT molecular complexity index is 1060. The number of alkyl halides is 3. The van der Waals surface area contributed by atoms with Crippen LogP contribution in [0.4, 0.5) is 23.2 Å². The first-order valence-corrected chi connectivity index (χ1v) is 9.24. The number of para-hydroxylation sites is 1. The van der Waals surface area contributed by atoms with E-state index in [0.717, 1.165) is 0 Å². The van der Waals surface area contributed by atoms with Crippen LogP contribution in [0.1, 0.15) is 13.3 Å². The van der Waals surface area contributed by atoms with E-state index in [1.807, 2.05) is 0 Å². The number of carbonyl (C=O) groups is 1. The average Bonchev–Trinajstić information content (AvgIpc) is 2.66. The van der Waals surface area contributed by atoms with Gasteiger partial charge in [0.2, 0.25) is 5.91 Å². The lowest BCUT2D eigenvalue weighted by Crippen LogP contribution is -2.42. The van der Waals surface area contributed by atoms with Gasteiger partial charge in [0.15, 0.2) is 0 Å². The Balaban J connectivity index is 1.81. The molecule has 1 aromatic heterocycles. The maximum Gasteiger partial charge on any atom is 0.390 e. The third kappa shape index (κ3) is 5.38. The summed E-state index contributed by atoms with van der Waals surface area (Å²) in [4.78, 5) is 16.7. The molecule has 0 fully saturated rings. The molecule has 4 nitrogen and oxygen atoms in total. The summed E-state index contributed by atoms with van der Waals surface area (Å²) in [7, 11) is 0. The van der Waals surface area contributed by atoms with Crippen molar-refractivity contribution >= 4 is 34.1 Å². The summed E-state index contributed by atoms with van der Waals surface area (Å²) in [5.74, 6) is -1.15. The molecule has 30 heavy (non-hydrogen) atoms. The molecule has 1 atom stereocenters. The van der Waals surface area contributed by atoms with E-state index >= 15 is 0 Å². The lowest BCUT2D eigenvalue weighted by atomic mass is 9.86. The third-order valence-electron chi connectivity index (χ3n) is 4.43. The molecule has 0 bridgehead atoms. The number of aromatic nitrogens is 1. The van der Waals surface area contributed by atoms with E-state index in [4.69, 9.17) is 16.3 Å². The van der Waals surface area contributed by atoms with E-state index in [-0.39, 0.29) is 17.0 Å². The molecule has 0 saturated heterocycles. The number of rotatable bonds is 6. The zero-order valence-electron chi connectivity index (χ0n) is 15.8. The van der Waals surface area contributed by atoms with Crippen molar-refractivity contribution in [2.75, 3.05) is 11.9 Å². The van der Waals surface area contributed by atoms with Crippen LogP contribution in [0.3, 0.4) is 0 Å². The molecule has 0 spiro atoms. The van der Waals surface area contributed by atoms with Crippen molar-refractivity contribution < 1.29 is 27.1 Å². The van der Waals surface area contributed by atoms with E-state index < -0.39 is 36.3 Å². The molecule has 1 heterocycles. The van der Waals surface area contributed by atoms with Crippen LogP contribution in [0.2, 0.25) is 5.02 Å². The number of pyridine rings is 1. The normalized spacial score (nSPS) is 13.7. The van der Waals surface area contributed by atoms with Crippen molar-refractivity contribution in [3.63, 3.8) is 0 Å². The van der Waals surface area contributed by atoms with Crippen molar-refractivity contribution in [3.8, 4) is 5.75 Å². The Morgan fingerprint density at radius 3 is 2.53 bits per heavy atom. The van der Waals surface area contributed by atoms with Gasteiger partial charge < -0.3 is 10.1 Å². The Morgan fingerprint density at radius 1 is 1.17 bits per heavy atom. The summed E-state index contributed by atoms with van der Waals surface area (Å²) in [6, 6.07) is 11.8. The molecule has 0 aliphatic rings. The zero-order valence-corrected chi connectivity index (χ0v) is 16.5. The van der Waals surface area contributed by atoms with Crippen molar-refractivity contribution in [1.29, 1.82) is 0 Å². The molecule has 2 aromatic carbocycles. The maximum atomic E-state index is 13.7. The number of fused-ring (bicyclic) bond motifs is 1. The van der Waals surface area contributed by atoms with E-state index in [1.165, 1.54) is 55.6 Å². The minimum atomic E-state index is -4.60. The summed E-state index contributed by atoms with van der Waals surface area (Å²) in [6.07, 6.45) is -4.80. The number of hydrogen-bond donors (Lipinski definition) is 1. The van der Waals surface area contributed by atoms with E-state index in [0.29, 0.717) is 10.4 Å². The van der Waals surface area contributed by atoms with Gasteiger partial charge in [-0.2, -0.15) is 13.2 Å². The molecule has 1 amide bonds. The van der Waals surface area contributed by atoms with Gasteiger partial charge >= 0.3 is 6.18 Å². The molecule has 0 saturated carbocycles. The van der Waals surface area contributed by atoms with Crippen LogP contribution in [-0.4, -0.2) is 23.7 Å². The van der Waals surface area contributed by atoms with Crippen molar-refractivity contribution in [2.24, 2.45) is 5.41 Å². The lowest BCUT2D eigenvalue weighted by Gasteiger charge is -2.29. The van der Waals surface area contributed by atoms with Gasteiger partial charge in [0.1, 0.15) is 23.7 Å². The van der Waals surface area contributed by atoms with Gasteiger partial charge in [-0.25, -0.2) is 4.39 Å². The number of carbonyl (C=O) groups excluding carboxylic acids is 1. The second kappa shape index (κ2) is 8.47. The highest BCUT2D eigenvalue weighted by Crippen LogP contribution is 2.35. The van der Waals surface area contributed by atoms with Gasteiger partial charge in [0.25, 0.3) is 0 Å². The maximum absolute atomic E-state index is 13.7. The fourth-order valence-electron chi connectivity index (χ4n) is 2.89. The fourth-order valence-corrected chi connectivity index (χ4v) is 3.01. The number of halogens is 5. The fraction of sp³-hybridized carbons (Fsp3) is 0.238. The first-order valence-electron chi connectivity index (χ1n) is 8.87. The van der Waals surface area contributed by atoms with E-state index in [1.54, 1.807) is 6.07 Å². The van der Waals surface area contributed by atoms with Crippen molar-refractivity contribution in [1.82, 2.24) is 4.98 Å². The smallest absolute Gasteiger partial charge is 0.390 e. The Labute approximate surface area is 174 Å². The summed E-state index contributed by atoms with van der Waals surface area (Å²) < 4.78 is 58.7. The van der Waals surface area contributed by atoms with Gasteiger partial charge in [-0.05, 0) is 43.3 Å². The van der Waals surface area contributed by atoms with Crippen LogP contribution in [0.5, 0.6) is 5.75 Å². The lowest BCUT2D eigenvalue weighted by molar-refractivity contribution is -0.167. The Morgan fingerprint density at radius 2 is 1.87 bits per heavy atom. The number of nitrogens with one attached hydrogen (secondary N) is 1. The highest BCUT2D eigenvalue weighted by molar-refractivity contribution is 6.30. The van der Waals surface area contributed by atoms with Crippen LogP contribution >= 0.6 is 11.6 Å². The first kappa shape index (κ1) is 21.8. The van der Waals surface area contributed by atoms with Gasteiger partial charge in [-0.1, -0.05) is 23.7 Å². The highest BCUT2D eigenvalue weighted by atomic mass is 35.5. The predicted molar refractivity (Wildman–Crippen MR) is 106 cm³/mol. The topological polar surface area (TPSA) is 51.2 Å². The molecule has 3 rings (SSSR count). The molecule has 0 radical (unpaired) electrons. The molecule has 1 unspecified atom stereocenters. The zero-order chi connectivity index (χ0) is 21.9. The SMILES string of the molecule is CC(COc1ccc(Cl)cc1)(CC(F)(F)F)C(=O)Nc1cnc2c(F)cccc2c1. The number of anilines is 1. The number of amides is 1. The molecule has 3 aromatic rings. The number of ether oxygens (including phenoxy) is 1. The quantitative estimate of drug-likeness (QED) is 0.478. The van der Waals surface area contributed by atoms with Crippen LogP contribution in [0, 0.1) is 11.2 Å². The highest BCUT2D eigenvalue weighted by Gasteiger charge is 2.45. The van der Waals surface area contributed by atoms with Crippen molar-refractivity contribution in [3.05, 3.63) is 65.6 Å². The van der Waals surface area contributed by atoms with E-state index in [2.05, 4.69) is 10.3 Å². The van der Waals surface area contributed by atoms with Gasteiger partial charge in [-0.15, -0.1) is 0 Å². The minimum Gasteiger partial charge on any atom is -0.492 e. The molecule has 0 aliphatic carbocycles. The Kier molecular flexibility index (Phi) is 6.17.